The van der Waals surface area contributed by atoms with Crippen LogP contribution in [0.2, 0.25) is 0 Å². The standard InChI is InChI=1S/C24H33N5O2.HI/c1-25-24(27-15-20-8-9-23(26-14-20)31-18-19-6-7-19)28-16-21-4-2-3-5-22(21)17-29-10-12-30-13-11-29;/h2-5,8-9,14,19H,6-7,10-13,15-18H2,1H3,(H2,25,27,28);1H. The van der Waals surface area contributed by atoms with Crippen LogP contribution in [-0.4, -0.2) is 55.8 Å². The van der Waals surface area contributed by atoms with Crippen LogP contribution in [0.3, 0.4) is 0 Å². The molecule has 1 saturated carbocycles. The first-order chi connectivity index (χ1) is 15.3. The third kappa shape index (κ3) is 7.90. The second kappa shape index (κ2) is 13.0. The van der Waals surface area contributed by atoms with E-state index >= 15 is 0 Å². The Morgan fingerprint density at radius 2 is 1.84 bits per heavy atom. The number of nitrogens with one attached hydrogen (secondary N) is 2. The highest BCUT2D eigenvalue weighted by Crippen LogP contribution is 2.29. The Kier molecular flexibility index (Phi) is 10.0. The molecule has 174 valence electrons. The largest absolute Gasteiger partial charge is 0.477 e. The lowest BCUT2D eigenvalue weighted by atomic mass is 10.1. The average Bonchev–Trinajstić information content (AvgIpc) is 3.65. The molecule has 1 aliphatic heterocycles. The minimum absolute atomic E-state index is 0. The van der Waals surface area contributed by atoms with Gasteiger partial charge in [-0.15, -0.1) is 24.0 Å². The highest BCUT2D eigenvalue weighted by molar-refractivity contribution is 14.0. The van der Waals surface area contributed by atoms with E-state index in [1.54, 1.807) is 7.05 Å². The number of hydrogen-bond donors (Lipinski definition) is 2. The molecule has 2 fully saturated rings. The molecule has 0 radical (unpaired) electrons. The molecule has 2 N–H and O–H groups in total. The Morgan fingerprint density at radius 3 is 2.53 bits per heavy atom. The number of guanidine groups is 1. The Hall–Kier alpha value is -1.91. The Morgan fingerprint density at radius 1 is 1.09 bits per heavy atom. The fraction of sp³-hybridized carbons (Fsp3) is 0.500. The number of aromatic nitrogens is 1. The summed E-state index contributed by atoms with van der Waals surface area (Å²) in [5.41, 5.74) is 3.73. The summed E-state index contributed by atoms with van der Waals surface area (Å²) < 4.78 is 11.2. The SMILES string of the molecule is CN=C(NCc1ccc(OCC2CC2)nc1)NCc1ccccc1CN1CCOCC1.I. The lowest BCUT2D eigenvalue weighted by Crippen LogP contribution is -2.37. The molecule has 0 amide bonds. The molecule has 2 aliphatic rings. The van der Waals surface area contributed by atoms with E-state index < -0.39 is 0 Å². The van der Waals surface area contributed by atoms with Crippen molar-refractivity contribution in [3.63, 3.8) is 0 Å². The smallest absolute Gasteiger partial charge is 0.213 e. The predicted octanol–water partition coefficient (Wildman–Crippen LogP) is 3.19. The molecule has 32 heavy (non-hydrogen) atoms. The Balaban J connectivity index is 0.00000289. The van der Waals surface area contributed by atoms with E-state index in [0.29, 0.717) is 12.4 Å². The van der Waals surface area contributed by atoms with Crippen LogP contribution in [0.25, 0.3) is 0 Å². The van der Waals surface area contributed by atoms with Gasteiger partial charge in [-0.05, 0) is 35.4 Å². The second-order valence-electron chi connectivity index (χ2n) is 8.20. The maximum absolute atomic E-state index is 5.71. The minimum Gasteiger partial charge on any atom is -0.477 e. The third-order valence-electron chi connectivity index (χ3n) is 5.71. The van der Waals surface area contributed by atoms with Crippen molar-refractivity contribution in [1.82, 2.24) is 20.5 Å². The zero-order chi connectivity index (χ0) is 21.3. The van der Waals surface area contributed by atoms with E-state index in [9.17, 15) is 0 Å². The molecular formula is C24H34IN5O2. The van der Waals surface area contributed by atoms with Gasteiger partial charge in [-0.3, -0.25) is 9.89 Å². The zero-order valence-corrected chi connectivity index (χ0v) is 21.1. The van der Waals surface area contributed by atoms with Crippen molar-refractivity contribution in [2.45, 2.75) is 32.5 Å². The van der Waals surface area contributed by atoms with Gasteiger partial charge in [-0.1, -0.05) is 30.3 Å². The van der Waals surface area contributed by atoms with E-state index in [1.807, 2.05) is 18.3 Å². The van der Waals surface area contributed by atoms with Gasteiger partial charge < -0.3 is 20.1 Å². The Labute approximate surface area is 208 Å². The number of benzene rings is 1. The van der Waals surface area contributed by atoms with Crippen LogP contribution in [0.15, 0.2) is 47.6 Å². The van der Waals surface area contributed by atoms with Gasteiger partial charge >= 0.3 is 0 Å². The molecular weight excluding hydrogens is 517 g/mol. The molecule has 1 aromatic carbocycles. The normalized spacial score (nSPS) is 16.8. The van der Waals surface area contributed by atoms with Gasteiger partial charge in [0.2, 0.25) is 5.88 Å². The molecule has 8 heteroatoms. The van der Waals surface area contributed by atoms with Crippen molar-refractivity contribution in [3.8, 4) is 5.88 Å². The van der Waals surface area contributed by atoms with Gasteiger partial charge in [0.25, 0.3) is 0 Å². The molecule has 1 aliphatic carbocycles. The van der Waals surface area contributed by atoms with Crippen LogP contribution in [0.5, 0.6) is 5.88 Å². The molecule has 1 saturated heterocycles. The summed E-state index contributed by atoms with van der Waals surface area (Å²) in [5, 5.41) is 6.80. The van der Waals surface area contributed by atoms with Gasteiger partial charge in [0.1, 0.15) is 0 Å². The lowest BCUT2D eigenvalue weighted by Gasteiger charge is -2.27. The molecule has 2 aromatic rings. The number of aliphatic imine (C=N–C) groups is 1. The Bertz CT molecular complexity index is 852. The summed E-state index contributed by atoms with van der Waals surface area (Å²) in [6.07, 6.45) is 4.43. The fourth-order valence-corrected chi connectivity index (χ4v) is 3.56. The average molecular weight is 551 g/mol. The van der Waals surface area contributed by atoms with Crippen molar-refractivity contribution in [3.05, 3.63) is 59.3 Å². The second-order valence-corrected chi connectivity index (χ2v) is 8.20. The van der Waals surface area contributed by atoms with Gasteiger partial charge in [0, 0.05) is 52.0 Å². The molecule has 0 atom stereocenters. The van der Waals surface area contributed by atoms with E-state index in [1.165, 1.54) is 24.0 Å². The maximum atomic E-state index is 5.71. The van der Waals surface area contributed by atoms with Crippen LogP contribution >= 0.6 is 24.0 Å². The predicted molar refractivity (Wildman–Crippen MR) is 137 cm³/mol. The van der Waals surface area contributed by atoms with Crippen molar-refractivity contribution >= 4 is 29.9 Å². The summed E-state index contributed by atoms with van der Waals surface area (Å²) in [5.74, 6) is 2.21. The summed E-state index contributed by atoms with van der Waals surface area (Å²) in [4.78, 5) is 11.2. The molecule has 0 unspecified atom stereocenters. The van der Waals surface area contributed by atoms with Gasteiger partial charge in [0.05, 0.1) is 19.8 Å². The molecule has 0 spiro atoms. The lowest BCUT2D eigenvalue weighted by molar-refractivity contribution is 0.0341. The number of morpholine rings is 1. The fourth-order valence-electron chi connectivity index (χ4n) is 3.56. The first-order valence-electron chi connectivity index (χ1n) is 11.2. The maximum Gasteiger partial charge on any atom is 0.213 e. The highest BCUT2D eigenvalue weighted by Gasteiger charge is 2.22. The zero-order valence-electron chi connectivity index (χ0n) is 18.8. The highest BCUT2D eigenvalue weighted by atomic mass is 127. The third-order valence-corrected chi connectivity index (χ3v) is 5.71. The summed E-state index contributed by atoms with van der Waals surface area (Å²) in [6, 6.07) is 12.6. The summed E-state index contributed by atoms with van der Waals surface area (Å²) >= 11 is 0. The topological polar surface area (TPSA) is 71.0 Å². The number of hydrogen-bond acceptors (Lipinski definition) is 5. The first-order valence-corrected chi connectivity index (χ1v) is 11.2. The van der Waals surface area contributed by atoms with Crippen LogP contribution in [0.1, 0.15) is 29.5 Å². The number of nitrogens with zero attached hydrogens (tertiary/aromatic N) is 3. The van der Waals surface area contributed by atoms with Crippen LogP contribution in [-0.2, 0) is 24.4 Å². The van der Waals surface area contributed by atoms with Crippen molar-refractivity contribution in [1.29, 1.82) is 0 Å². The van der Waals surface area contributed by atoms with Gasteiger partial charge in [0.15, 0.2) is 5.96 Å². The van der Waals surface area contributed by atoms with Crippen LogP contribution in [0.4, 0.5) is 0 Å². The monoisotopic (exact) mass is 551 g/mol. The minimum atomic E-state index is 0. The van der Waals surface area contributed by atoms with E-state index in [2.05, 4.69) is 49.8 Å². The van der Waals surface area contributed by atoms with E-state index in [4.69, 9.17) is 9.47 Å². The molecule has 7 nitrogen and oxygen atoms in total. The molecule has 4 rings (SSSR count). The summed E-state index contributed by atoms with van der Waals surface area (Å²) in [6.45, 7) is 6.74. The van der Waals surface area contributed by atoms with Gasteiger partial charge in [-0.2, -0.15) is 0 Å². The van der Waals surface area contributed by atoms with Gasteiger partial charge in [-0.25, -0.2) is 4.98 Å². The van der Waals surface area contributed by atoms with Crippen molar-refractivity contribution in [2.24, 2.45) is 10.9 Å². The quantitative estimate of drug-likeness (QED) is 0.284. The summed E-state index contributed by atoms with van der Waals surface area (Å²) in [7, 11) is 1.79. The number of rotatable bonds is 9. The molecule has 2 heterocycles. The van der Waals surface area contributed by atoms with Crippen molar-refractivity contribution in [2.75, 3.05) is 40.0 Å². The van der Waals surface area contributed by atoms with Crippen LogP contribution < -0.4 is 15.4 Å². The molecule has 0 bridgehead atoms. The number of pyridine rings is 1. The van der Waals surface area contributed by atoms with E-state index in [0.717, 1.165) is 63.4 Å². The number of ether oxygens (including phenoxy) is 2. The molecule has 1 aromatic heterocycles. The number of halogens is 1. The first kappa shape index (κ1) is 24.7. The van der Waals surface area contributed by atoms with E-state index in [-0.39, 0.29) is 24.0 Å². The van der Waals surface area contributed by atoms with Crippen LogP contribution in [0, 0.1) is 5.92 Å². The van der Waals surface area contributed by atoms with Crippen molar-refractivity contribution < 1.29 is 9.47 Å².